The number of hydrogen-bond acceptors (Lipinski definition) is 4. The van der Waals surface area contributed by atoms with Gasteiger partial charge >= 0.3 is 6.09 Å². The molecule has 6 nitrogen and oxygen atoms in total. The molecule has 0 radical (unpaired) electrons. The van der Waals surface area contributed by atoms with Gasteiger partial charge in [0.25, 0.3) is 0 Å². The average molecular weight is 414 g/mol. The molecule has 0 bridgehead atoms. The minimum absolute atomic E-state index is 0.0944. The van der Waals surface area contributed by atoms with Gasteiger partial charge in [0, 0.05) is 22.5 Å². The van der Waals surface area contributed by atoms with Gasteiger partial charge in [0.2, 0.25) is 0 Å². The maximum atomic E-state index is 10.9. The number of carbonyl (C=O) groups is 1. The zero-order valence-corrected chi connectivity index (χ0v) is 14.4. The Kier molecular flexibility index (Phi) is 4.06. The van der Waals surface area contributed by atoms with Crippen molar-refractivity contribution < 1.29 is 9.53 Å². The van der Waals surface area contributed by atoms with Gasteiger partial charge in [0.1, 0.15) is 18.3 Å². The normalized spacial score (nSPS) is 10.9. The topological polar surface area (TPSA) is 105 Å². The molecule has 0 fully saturated rings. The van der Waals surface area contributed by atoms with Gasteiger partial charge < -0.3 is 15.5 Å². The third kappa shape index (κ3) is 2.59. The predicted molar refractivity (Wildman–Crippen MR) is 90.4 cm³/mol. The van der Waals surface area contributed by atoms with Crippen LogP contribution in [0.1, 0.15) is 11.1 Å². The van der Waals surface area contributed by atoms with E-state index in [2.05, 4.69) is 32.0 Å². The highest BCUT2D eigenvalue weighted by molar-refractivity contribution is 9.10. The number of nitrogens with two attached hydrogens (primary N) is 1. The summed E-state index contributed by atoms with van der Waals surface area (Å²) in [4.78, 5) is 18.2. The number of aromatic nitrogens is 2. The van der Waals surface area contributed by atoms with Crippen molar-refractivity contribution in [3.63, 3.8) is 0 Å². The molecule has 23 heavy (non-hydrogen) atoms. The fourth-order valence-electron chi connectivity index (χ4n) is 2.37. The number of nitrogens with one attached hydrogen (secondary N) is 1. The first-order valence-electron chi connectivity index (χ1n) is 6.23. The van der Waals surface area contributed by atoms with Gasteiger partial charge in [-0.05, 0) is 22.0 Å². The number of nitriles is 1. The predicted octanol–water partition coefficient (Wildman–Crippen LogP) is 4.25. The second kappa shape index (κ2) is 5.89. The van der Waals surface area contributed by atoms with Gasteiger partial charge in [0.05, 0.1) is 25.6 Å². The van der Waals surface area contributed by atoms with Crippen LogP contribution in [-0.4, -0.2) is 16.1 Å². The molecule has 0 saturated heterocycles. The summed E-state index contributed by atoms with van der Waals surface area (Å²) in [6.45, 7) is -0.0944. The van der Waals surface area contributed by atoms with Crippen molar-refractivity contribution in [1.82, 2.24) is 9.97 Å². The van der Waals surface area contributed by atoms with E-state index in [9.17, 15) is 10.1 Å². The number of primary amides is 1. The molecule has 0 saturated carbocycles. The van der Waals surface area contributed by atoms with Crippen LogP contribution >= 0.6 is 39.1 Å². The van der Waals surface area contributed by atoms with Crippen LogP contribution in [0, 0.1) is 11.3 Å². The quantitative estimate of drug-likeness (QED) is 0.654. The number of carbonyl (C=O) groups excluding carboxylic acids is 1. The average Bonchev–Trinajstić information content (AvgIpc) is 2.89. The number of rotatable bonds is 2. The first-order chi connectivity index (χ1) is 10.9. The number of benzene rings is 1. The first kappa shape index (κ1) is 15.9. The van der Waals surface area contributed by atoms with Crippen LogP contribution in [0.25, 0.3) is 21.9 Å². The highest BCUT2D eigenvalue weighted by Crippen LogP contribution is 2.39. The summed E-state index contributed by atoms with van der Waals surface area (Å²) in [5, 5.41) is 11.2. The van der Waals surface area contributed by atoms with Crippen molar-refractivity contribution in [2.45, 2.75) is 6.61 Å². The van der Waals surface area contributed by atoms with E-state index in [0.717, 1.165) is 0 Å². The number of H-pyrrole nitrogens is 1. The number of nitrogens with zero attached hydrogens (tertiary/aromatic N) is 2. The molecule has 2 aromatic heterocycles. The van der Waals surface area contributed by atoms with Crippen LogP contribution in [-0.2, 0) is 11.3 Å². The minimum atomic E-state index is -0.909. The van der Waals surface area contributed by atoms with E-state index in [1.165, 1.54) is 0 Å². The zero-order valence-electron chi connectivity index (χ0n) is 11.3. The summed E-state index contributed by atoms with van der Waals surface area (Å²) < 4.78 is 5.42. The van der Waals surface area contributed by atoms with Gasteiger partial charge in [-0.1, -0.05) is 23.2 Å². The van der Waals surface area contributed by atoms with E-state index in [-0.39, 0.29) is 17.2 Å². The van der Waals surface area contributed by atoms with Crippen molar-refractivity contribution in [2.24, 2.45) is 5.73 Å². The smallest absolute Gasteiger partial charge is 0.404 e. The Balaban J connectivity index is 2.43. The van der Waals surface area contributed by atoms with Gasteiger partial charge in [-0.25, -0.2) is 9.78 Å². The number of hydrogen-bond donors (Lipinski definition) is 2. The third-order valence-electron chi connectivity index (χ3n) is 3.31. The Bertz CT molecular complexity index is 1010. The molecule has 1 amide bonds. The lowest BCUT2D eigenvalue weighted by Gasteiger charge is -2.07. The van der Waals surface area contributed by atoms with Crippen molar-refractivity contribution >= 4 is 67.2 Å². The van der Waals surface area contributed by atoms with Gasteiger partial charge in [-0.15, -0.1) is 0 Å². The zero-order chi connectivity index (χ0) is 16.7. The van der Waals surface area contributed by atoms with E-state index < -0.39 is 6.09 Å². The van der Waals surface area contributed by atoms with Crippen LogP contribution in [0.3, 0.4) is 0 Å². The number of ether oxygens (including phenoxy) is 1. The van der Waals surface area contributed by atoms with E-state index in [1.807, 2.05) is 0 Å². The number of pyridine rings is 1. The summed E-state index contributed by atoms with van der Waals surface area (Å²) in [6.07, 6.45) is 0.640. The third-order valence-corrected chi connectivity index (χ3v) is 4.83. The van der Waals surface area contributed by atoms with Crippen LogP contribution in [0.5, 0.6) is 0 Å². The maximum absolute atomic E-state index is 10.9. The Hall–Kier alpha value is -2.01. The number of fused-ring (bicyclic) bond motifs is 3. The molecular formula is C14H7BrCl2N4O2. The largest absolute Gasteiger partial charge is 0.445 e. The molecule has 9 heteroatoms. The van der Waals surface area contributed by atoms with Crippen molar-refractivity contribution in [3.05, 3.63) is 37.9 Å². The fraction of sp³-hybridized carbons (Fsp3) is 0.0714. The SMILES string of the molecule is N#Cc1c(Cl)cc(COC(N)=O)c2[nH]c3ncc(Br)c(Cl)c3c12. The second-order valence-electron chi connectivity index (χ2n) is 4.63. The summed E-state index contributed by atoms with van der Waals surface area (Å²) in [7, 11) is 0. The standard InChI is InChI=1S/C14H7BrCl2N4O2/c15-7-3-20-13-10(11(7)17)9-6(2-18)8(16)1-5(12(9)21-13)4-23-14(19)22/h1,3H,4H2,(H2,19,22)(H,20,21). The lowest BCUT2D eigenvalue weighted by Crippen LogP contribution is -2.12. The van der Waals surface area contributed by atoms with Crippen LogP contribution in [0.15, 0.2) is 16.7 Å². The maximum Gasteiger partial charge on any atom is 0.404 e. The van der Waals surface area contributed by atoms with Crippen LogP contribution in [0.4, 0.5) is 4.79 Å². The van der Waals surface area contributed by atoms with Crippen molar-refractivity contribution in [2.75, 3.05) is 0 Å². The molecule has 0 aliphatic rings. The first-order valence-corrected chi connectivity index (χ1v) is 7.78. The van der Waals surface area contributed by atoms with E-state index in [1.54, 1.807) is 12.3 Å². The van der Waals surface area contributed by atoms with Crippen LogP contribution < -0.4 is 5.73 Å². The molecule has 116 valence electrons. The Morgan fingerprint density at radius 2 is 2.22 bits per heavy atom. The molecule has 0 atom stereocenters. The number of halogens is 3. The Morgan fingerprint density at radius 1 is 1.48 bits per heavy atom. The lowest BCUT2D eigenvalue weighted by atomic mass is 10.0. The van der Waals surface area contributed by atoms with Crippen molar-refractivity contribution in [1.29, 1.82) is 5.26 Å². The Morgan fingerprint density at radius 3 is 2.87 bits per heavy atom. The van der Waals surface area contributed by atoms with Gasteiger partial charge in [0.15, 0.2) is 0 Å². The molecule has 3 N–H and O–H groups in total. The molecule has 3 rings (SSSR count). The number of amides is 1. The van der Waals surface area contributed by atoms with Gasteiger partial charge in [-0.3, -0.25) is 0 Å². The molecule has 0 aliphatic carbocycles. The minimum Gasteiger partial charge on any atom is -0.445 e. The van der Waals surface area contributed by atoms with E-state index in [4.69, 9.17) is 33.7 Å². The highest BCUT2D eigenvalue weighted by atomic mass is 79.9. The van der Waals surface area contributed by atoms with Gasteiger partial charge in [-0.2, -0.15) is 5.26 Å². The van der Waals surface area contributed by atoms with E-state index >= 15 is 0 Å². The monoisotopic (exact) mass is 412 g/mol. The molecule has 0 unspecified atom stereocenters. The summed E-state index contributed by atoms with van der Waals surface area (Å²) in [5.41, 5.74) is 6.88. The Labute approximate surface area is 148 Å². The molecular weight excluding hydrogens is 407 g/mol. The molecule has 3 aromatic rings. The molecule has 0 aliphatic heterocycles. The fourth-order valence-corrected chi connectivity index (χ4v) is 3.18. The summed E-state index contributed by atoms with van der Waals surface area (Å²) in [6, 6.07) is 3.61. The molecule has 2 heterocycles. The van der Waals surface area contributed by atoms with Crippen molar-refractivity contribution in [3.8, 4) is 6.07 Å². The number of aromatic amines is 1. The lowest BCUT2D eigenvalue weighted by molar-refractivity contribution is 0.150. The summed E-state index contributed by atoms with van der Waals surface area (Å²) >= 11 is 15.8. The molecule has 1 aromatic carbocycles. The second-order valence-corrected chi connectivity index (χ2v) is 6.27. The summed E-state index contributed by atoms with van der Waals surface area (Å²) in [5.74, 6) is 0. The van der Waals surface area contributed by atoms with Crippen LogP contribution in [0.2, 0.25) is 10.0 Å². The highest BCUT2D eigenvalue weighted by Gasteiger charge is 2.20. The molecule has 0 spiro atoms. The van der Waals surface area contributed by atoms with E-state index in [0.29, 0.717) is 37.0 Å².